The minimum absolute atomic E-state index is 0.128. The zero-order valence-corrected chi connectivity index (χ0v) is 16.3. The molecule has 10 heteroatoms. The van der Waals surface area contributed by atoms with Crippen LogP contribution in [0.1, 0.15) is 30.2 Å². The van der Waals surface area contributed by atoms with Crippen LogP contribution in [0, 0.1) is 4.77 Å². The third-order valence-electron chi connectivity index (χ3n) is 4.28. The lowest BCUT2D eigenvalue weighted by atomic mass is 10.2. The molecule has 0 unspecified atom stereocenters. The Kier molecular flexibility index (Phi) is 4.99. The summed E-state index contributed by atoms with van der Waals surface area (Å²) >= 11 is 6.76. The number of carbonyl (C=O) groups is 1. The number of hydrogen-bond donors (Lipinski definition) is 2. The average molecular weight is 403 g/mol. The van der Waals surface area contributed by atoms with Crippen LogP contribution in [0.15, 0.2) is 24.3 Å². The van der Waals surface area contributed by atoms with Gasteiger partial charge in [0.25, 0.3) is 0 Å². The van der Waals surface area contributed by atoms with Crippen molar-refractivity contribution in [1.82, 2.24) is 25.0 Å². The van der Waals surface area contributed by atoms with E-state index in [-0.39, 0.29) is 12.3 Å². The van der Waals surface area contributed by atoms with Gasteiger partial charge < -0.3 is 10.1 Å². The summed E-state index contributed by atoms with van der Waals surface area (Å²) in [4.78, 5) is 12.3. The number of nitrogens with zero attached hydrogens (tertiary/aromatic N) is 4. The number of methoxy groups -OCH3 is 1. The molecule has 1 saturated carbocycles. The molecule has 0 radical (unpaired) electrons. The van der Waals surface area contributed by atoms with Crippen molar-refractivity contribution < 1.29 is 9.53 Å². The maximum absolute atomic E-state index is 12.3. The molecule has 2 N–H and O–H groups in total. The number of H-pyrrole nitrogens is 1. The van der Waals surface area contributed by atoms with E-state index >= 15 is 0 Å². The lowest BCUT2D eigenvalue weighted by molar-refractivity contribution is -0.116. The minimum Gasteiger partial charge on any atom is -0.497 e. The highest BCUT2D eigenvalue weighted by atomic mass is 32.1. The highest BCUT2D eigenvalue weighted by Gasteiger charge is 2.27. The summed E-state index contributed by atoms with van der Waals surface area (Å²) in [5.74, 6) is 1.85. The van der Waals surface area contributed by atoms with Crippen LogP contribution in [0.2, 0.25) is 0 Å². The lowest BCUT2D eigenvalue weighted by Gasteiger charge is -2.07. The van der Waals surface area contributed by atoms with E-state index in [0.717, 1.165) is 29.2 Å². The zero-order valence-electron chi connectivity index (χ0n) is 14.6. The van der Waals surface area contributed by atoms with Crippen molar-refractivity contribution in [2.24, 2.45) is 0 Å². The van der Waals surface area contributed by atoms with Crippen molar-refractivity contribution in [2.45, 2.75) is 31.7 Å². The number of rotatable bonds is 7. The molecular formula is C17H18N6O2S2. The largest absolute Gasteiger partial charge is 0.497 e. The summed E-state index contributed by atoms with van der Waals surface area (Å²) < 4.78 is 7.46. The second-order valence-corrected chi connectivity index (χ2v) is 7.65. The fourth-order valence-electron chi connectivity index (χ4n) is 2.66. The van der Waals surface area contributed by atoms with E-state index in [9.17, 15) is 4.79 Å². The quantitative estimate of drug-likeness (QED) is 0.588. The standard InChI is InChI=1S/C17H18N6O2S2/c1-25-12-6-4-10(5-7-12)14-19-22-17(26)23(14)9-8-13(24)18-16-21-20-15(27-16)11-2-3-11/h4-7,11H,2-3,8-9H2,1H3,(H,22,26)(H,18,21,24). The monoisotopic (exact) mass is 402 g/mol. The number of amides is 1. The molecule has 0 saturated heterocycles. The van der Waals surface area contributed by atoms with Crippen LogP contribution in [0.3, 0.4) is 0 Å². The Morgan fingerprint density at radius 3 is 2.85 bits per heavy atom. The summed E-state index contributed by atoms with van der Waals surface area (Å²) in [6.07, 6.45) is 2.58. The summed E-state index contributed by atoms with van der Waals surface area (Å²) in [6.45, 7) is 0.414. The Hall–Kier alpha value is -2.59. The predicted molar refractivity (Wildman–Crippen MR) is 105 cm³/mol. The summed E-state index contributed by atoms with van der Waals surface area (Å²) in [5, 5.41) is 19.6. The van der Waals surface area contributed by atoms with Gasteiger partial charge in [-0.15, -0.1) is 10.2 Å². The summed E-state index contributed by atoms with van der Waals surface area (Å²) in [7, 11) is 1.62. The summed E-state index contributed by atoms with van der Waals surface area (Å²) in [5.41, 5.74) is 0.891. The Labute approximate surface area is 164 Å². The van der Waals surface area contributed by atoms with Gasteiger partial charge in [0.15, 0.2) is 10.6 Å². The Morgan fingerprint density at radius 1 is 1.37 bits per heavy atom. The van der Waals surface area contributed by atoms with Gasteiger partial charge >= 0.3 is 0 Å². The number of aromatic nitrogens is 5. The molecule has 27 heavy (non-hydrogen) atoms. The molecule has 1 aromatic carbocycles. The van der Waals surface area contributed by atoms with Crippen LogP contribution < -0.4 is 10.1 Å². The van der Waals surface area contributed by atoms with E-state index in [1.54, 1.807) is 7.11 Å². The second kappa shape index (κ2) is 7.57. The molecule has 0 atom stereocenters. The van der Waals surface area contributed by atoms with Crippen molar-refractivity contribution in [3.05, 3.63) is 34.0 Å². The van der Waals surface area contributed by atoms with Crippen molar-refractivity contribution in [1.29, 1.82) is 0 Å². The molecule has 2 heterocycles. The molecule has 3 aromatic rings. The van der Waals surface area contributed by atoms with Crippen LogP contribution in [-0.4, -0.2) is 38.0 Å². The maximum atomic E-state index is 12.3. The number of anilines is 1. The van der Waals surface area contributed by atoms with Crippen molar-refractivity contribution in [3.8, 4) is 17.1 Å². The number of hydrogen-bond acceptors (Lipinski definition) is 7. The molecule has 0 spiro atoms. The molecule has 1 aliphatic carbocycles. The molecule has 1 fully saturated rings. The second-order valence-electron chi connectivity index (χ2n) is 6.25. The maximum Gasteiger partial charge on any atom is 0.227 e. The first-order valence-corrected chi connectivity index (χ1v) is 9.79. The average Bonchev–Trinajstić information content (AvgIpc) is 3.32. The van der Waals surface area contributed by atoms with Gasteiger partial charge in [0.05, 0.1) is 7.11 Å². The van der Waals surface area contributed by atoms with Crippen LogP contribution in [0.4, 0.5) is 5.13 Å². The third-order valence-corrected chi connectivity index (χ3v) is 5.60. The Balaban J connectivity index is 1.42. The van der Waals surface area contributed by atoms with Crippen LogP contribution in [0.25, 0.3) is 11.4 Å². The van der Waals surface area contributed by atoms with E-state index in [1.807, 2.05) is 28.8 Å². The van der Waals surface area contributed by atoms with Gasteiger partial charge in [-0.2, -0.15) is 5.10 Å². The van der Waals surface area contributed by atoms with Gasteiger partial charge in [0.2, 0.25) is 11.0 Å². The fourth-order valence-corrected chi connectivity index (χ4v) is 3.81. The lowest BCUT2D eigenvalue weighted by Crippen LogP contribution is -2.15. The molecule has 0 aliphatic heterocycles. The highest BCUT2D eigenvalue weighted by Crippen LogP contribution is 2.42. The first-order chi connectivity index (χ1) is 13.1. The van der Waals surface area contributed by atoms with Gasteiger partial charge in [0.1, 0.15) is 10.8 Å². The van der Waals surface area contributed by atoms with Crippen LogP contribution in [-0.2, 0) is 11.3 Å². The van der Waals surface area contributed by atoms with E-state index in [2.05, 4.69) is 25.7 Å². The van der Waals surface area contributed by atoms with E-state index < -0.39 is 0 Å². The van der Waals surface area contributed by atoms with Gasteiger partial charge in [-0.3, -0.25) is 14.5 Å². The first kappa shape index (κ1) is 17.8. The summed E-state index contributed by atoms with van der Waals surface area (Å²) in [6, 6.07) is 7.52. The predicted octanol–water partition coefficient (Wildman–Crippen LogP) is 3.37. The topological polar surface area (TPSA) is 97.7 Å². The van der Waals surface area contributed by atoms with E-state index in [0.29, 0.717) is 28.2 Å². The zero-order chi connectivity index (χ0) is 18.8. The number of ether oxygens (including phenoxy) is 1. The molecule has 4 rings (SSSR count). The van der Waals surface area contributed by atoms with Crippen molar-refractivity contribution in [3.63, 3.8) is 0 Å². The highest BCUT2D eigenvalue weighted by molar-refractivity contribution is 7.71. The smallest absolute Gasteiger partial charge is 0.227 e. The van der Waals surface area contributed by atoms with Gasteiger partial charge in [-0.25, -0.2) is 0 Å². The fraction of sp³-hybridized carbons (Fsp3) is 0.353. The molecule has 8 nitrogen and oxygen atoms in total. The Morgan fingerprint density at radius 2 is 2.15 bits per heavy atom. The molecule has 1 aliphatic rings. The normalized spacial score (nSPS) is 13.5. The van der Waals surface area contributed by atoms with Crippen molar-refractivity contribution >= 4 is 34.6 Å². The third kappa shape index (κ3) is 4.06. The van der Waals surface area contributed by atoms with Crippen LogP contribution in [0.5, 0.6) is 5.75 Å². The van der Waals surface area contributed by atoms with E-state index in [4.69, 9.17) is 17.0 Å². The molecule has 140 valence electrons. The molecule has 1 amide bonds. The number of aromatic amines is 1. The van der Waals surface area contributed by atoms with Gasteiger partial charge in [-0.1, -0.05) is 11.3 Å². The van der Waals surface area contributed by atoms with Gasteiger partial charge in [-0.05, 0) is 49.3 Å². The number of nitrogens with one attached hydrogen (secondary N) is 2. The van der Waals surface area contributed by atoms with E-state index in [1.165, 1.54) is 11.3 Å². The molecule has 0 bridgehead atoms. The first-order valence-electron chi connectivity index (χ1n) is 8.57. The van der Waals surface area contributed by atoms with Crippen molar-refractivity contribution in [2.75, 3.05) is 12.4 Å². The van der Waals surface area contributed by atoms with Gasteiger partial charge in [0, 0.05) is 24.4 Å². The molecular weight excluding hydrogens is 384 g/mol. The number of benzene rings is 1. The minimum atomic E-state index is -0.128. The van der Waals surface area contributed by atoms with Crippen LogP contribution >= 0.6 is 23.6 Å². The SMILES string of the molecule is COc1ccc(-c2n[nH]c(=S)n2CCC(=O)Nc2nnc(C3CC3)s2)cc1. The Bertz CT molecular complexity index is 1000. The molecule has 2 aromatic heterocycles. The number of carbonyl (C=O) groups excluding carboxylic acids is 1.